The van der Waals surface area contributed by atoms with Crippen LogP contribution in [0.3, 0.4) is 0 Å². The number of anilines is 3. The molecule has 17 rings (SSSR count). The molecule has 0 heterocycles. The first-order valence-electron chi connectivity index (χ1n) is 34.0. The van der Waals surface area contributed by atoms with Crippen molar-refractivity contribution in [1.82, 2.24) is 0 Å². The monoisotopic (exact) mass is 1350 g/mol. The lowest BCUT2D eigenvalue weighted by Crippen LogP contribution is -2.15. The normalized spacial score (nSPS) is 14.0. The highest BCUT2D eigenvalue weighted by molar-refractivity contribution is 9.10. The summed E-state index contributed by atoms with van der Waals surface area (Å²) in [5.41, 5.74) is 34.7. The molecule has 0 atom stereocenters. The molecule has 13 aromatic carbocycles. The molecular formula is C92H79BBrN2O3. The second-order valence-corrected chi connectivity index (χ2v) is 29.2. The SMILES string of the molecule is CC(=O)Nc1ccc(-c2ccc3c(c2)C(C)(C)c2ccccc2-3)cc1.CC1(C)c2ccccc2-c2ccc(-c3ccc(Br)cc3)cc21.CC1(C)c2ccccc2-c2ccc(-c3ccc(Nc4ccc(-c5ccccc5)cc4)cc3)cc21.CC1(C)c2ccccc2-c2ccc(O[B]O)cc21. The Bertz CT molecular complexity index is 5170. The van der Waals surface area contributed by atoms with Crippen LogP contribution in [-0.2, 0) is 26.5 Å². The van der Waals surface area contributed by atoms with Crippen molar-refractivity contribution in [3.05, 3.63) is 346 Å². The van der Waals surface area contributed by atoms with Crippen LogP contribution in [0.1, 0.15) is 107 Å². The third kappa shape index (κ3) is 12.7. The maximum atomic E-state index is 11.2. The number of rotatable bonds is 9. The van der Waals surface area contributed by atoms with Crippen LogP contribution in [0.4, 0.5) is 17.1 Å². The summed E-state index contributed by atoms with van der Waals surface area (Å²) in [6.45, 7) is 19.8. The van der Waals surface area contributed by atoms with Gasteiger partial charge < -0.3 is 20.3 Å². The molecule has 0 aromatic heterocycles. The van der Waals surface area contributed by atoms with Gasteiger partial charge in [-0.05, 0) is 212 Å². The number of carbonyl (C=O) groups is 1. The minimum Gasteiger partial charge on any atom is -0.537 e. The van der Waals surface area contributed by atoms with Gasteiger partial charge in [-0.2, -0.15) is 0 Å². The summed E-state index contributed by atoms with van der Waals surface area (Å²) >= 11 is 3.51. The Labute approximate surface area is 592 Å². The summed E-state index contributed by atoms with van der Waals surface area (Å²) in [5.74, 6) is 0.613. The van der Waals surface area contributed by atoms with Crippen LogP contribution in [0.2, 0.25) is 0 Å². The third-order valence-electron chi connectivity index (χ3n) is 20.7. The van der Waals surface area contributed by atoms with E-state index < -0.39 is 0 Å². The molecule has 99 heavy (non-hydrogen) atoms. The zero-order valence-electron chi connectivity index (χ0n) is 57.5. The second-order valence-electron chi connectivity index (χ2n) is 28.3. The van der Waals surface area contributed by atoms with Crippen LogP contribution in [0.5, 0.6) is 5.75 Å². The van der Waals surface area contributed by atoms with Gasteiger partial charge >= 0.3 is 7.69 Å². The summed E-state index contributed by atoms with van der Waals surface area (Å²) in [5, 5.41) is 15.1. The minimum absolute atomic E-state index is 0.0120. The van der Waals surface area contributed by atoms with E-state index in [2.05, 4.69) is 349 Å². The molecule has 1 amide bonds. The van der Waals surface area contributed by atoms with Gasteiger partial charge in [0.2, 0.25) is 5.91 Å². The van der Waals surface area contributed by atoms with Gasteiger partial charge in [-0.25, -0.2) is 0 Å². The first kappa shape index (κ1) is 65.7. The molecule has 0 saturated heterocycles. The van der Waals surface area contributed by atoms with Gasteiger partial charge in [0.15, 0.2) is 0 Å². The summed E-state index contributed by atoms with van der Waals surface area (Å²) in [6, 6.07) is 106. The highest BCUT2D eigenvalue weighted by Gasteiger charge is 2.39. The standard InChI is InChI=1S/C33H27N.C23H21NO.C21H17Br.C15H14BO2/c1-33(2)31-11-7-6-10-29(31)30-21-16-26(22-32(30)33)25-14-19-28(20-15-25)34-27-17-12-24(13-18-27)23-8-4-3-5-9-23;1-15(25)24-18-11-8-16(9-12-18)17-10-13-20-19-6-4-5-7-21(19)23(2,3)22(20)14-17;1-21(2)19-6-4-3-5-17(19)18-12-9-15(13-20(18)21)14-7-10-16(22)11-8-14;1-15(2)13-6-4-3-5-11(13)12-8-7-10(18-16-17)9-14(12)15/h3-22,34H,1-2H3;4-14H,1-3H3,(H,24,25);3-13H,1-2H3;3-9,17H,1-2H3. The van der Waals surface area contributed by atoms with E-state index in [0.29, 0.717) is 5.75 Å². The van der Waals surface area contributed by atoms with Crippen LogP contribution >= 0.6 is 15.9 Å². The molecule has 485 valence electrons. The molecule has 0 spiro atoms. The van der Waals surface area contributed by atoms with Crippen molar-refractivity contribution in [2.45, 2.75) is 84.0 Å². The largest absolute Gasteiger partial charge is 0.569 e. The fraction of sp³-hybridized carbons (Fsp3) is 0.141. The number of nitrogens with one attached hydrogen (secondary N) is 2. The van der Waals surface area contributed by atoms with Crippen LogP contribution in [0, 0.1) is 0 Å². The van der Waals surface area contributed by atoms with E-state index in [4.69, 9.17) is 9.68 Å². The fourth-order valence-electron chi connectivity index (χ4n) is 15.4. The van der Waals surface area contributed by atoms with E-state index in [1.807, 2.05) is 30.3 Å². The highest BCUT2D eigenvalue weighted by Crippen LogP contribution is 2.53. The Morgan fingerprint density at radius 3 is 0.939 bits per heavy atom. The Morgan fingerprint density at radius 2 is 0.586 bits per heavy atom. The first-order valence-corrected chi connectivity index (χ1v) is 34.8. The zero-order chi connectivity index (χ0) is 68.8. The molecule has 3 N–H and O–H groups in total. The number of halogens is 1. The Hall–Kier alpha value is -10.6. The van der Waals surface area contributed by atoms with Crippen LogP contribution in [-0.4, -0.2) is 18.6 Å². The minimum atomic E-state index is -0.0511. The summed E-state index contributed by atoms with van der Waals surface area (Å²) in [7, 11) is 0.719. The predicted molar refractivity (Wildman–Crippen MR) is 418 cm³/mol. The van der Waals surface area contributed by atoms with Crippen LogP contribution in [0.25, 0.3) is 89.0 Å². The van der Waals surface area contributed by atoms with Crippen molar-refractivity contribution in [1.29, 1.82) is 0 Å². The van der Waals surface area contributed by atoms with Crippen molar-refractivity contribution in [3.63, 3.8) is 0 Å². The Morgan fingerprint density at radius 1 is 0.313 bits per heavy atom. The van der Waals surface area contributed by atoms with Crippen molar-refractivity contribution in [2.75, 3.05) is 10.6 Å². The van der Waals surface area contributed by atoms with Gasteiger partial charge in [0, 0.05) is 50.1 Å². The van der Waals surface area contributed by atoms with E-state index in [9.17, 15) is 4.79 Å². The van der Waals surface area contributed by atoms with Crippen molar-refractivity contribution in [2.24, 2.45) is 0 Å². The van der Waals surface area contributed by atoms with E-state index in [1.165, 1.54) is 135 Å². The molecule has 5 nitrogen and oxygen atoms in total. The van der Waals surface area contributed by atoms with Crippen LogP contribution in [0.15, 0.2) is 302 Å². The predicted octanol–water partition coefficient (Wildman–Crippen LogP) is 24.0. The average Bonchev–Trinajstić information content (AvgIpc) is 1.66. The lowest BCUT2D eigenvalue weighted by Gasteiger charge is -2.22. The zero-order valence-corrected chi connectivity index (χ0v) is 59.1. The molecular weight excluding hydrogens is 1270 g/mol. The van der Waals surface area contributed by atoms with Gasteiger partial charge in [0.1, 0.15) is 5.75 Å². The smallest absolute Gasteiger partial charge is 0.537 e. The number of hydrogen-bond donors (Lipinski definition) is 3. The molecule has 0 unspecified atom stereocenters. The molecule has 4 aliphatic rings. The lowest BCUT2D eigenvalue weighted by molar-refractivity contribution is -0.114. The first-order chi connectivity index (χ1) is 47.8. The molecule has 4 aliphatic carbocycles. The molecule has 7 heteroatoms. The van der Waals surface area contributed by atoms with Crippen LogP contribution < -0.4 is 15.3 Å². The quantitative estimate of drug-likeness (QED) is 0.126. The van der Waals surface area contributed by atoms with E-state index in [0.717, 1.165) is 34.8 Å². The highest BCUT2D eigenvalue weighted by atomic mass is 79.9. The number of hydrogen-bond acceptors (Lipinski definition) is 4. The number of amides is 1. The lowest BCUT2D eigenvalue weighted by atomic mass is 9.81. The molecule has 13 aromatic rings. The average molecular weight is 1350 g/mol. The summed E-state index contributed by atoms with van der Waals surface area (Å²) in [6.07, 6.45) is 0. The Kier molecular flexibility index (Phi) is 17.7. The van der Waals surface area contributed by atoms with Crippen molar-refractivity contribution < 1.29 is 14.5 Å². The molecule has 1 radical (unpaired) electrons. The van der Waals surface area contributed by atoms with E-state index >= 15 is 0 Å². The topological polar surface area (TPSA) is 70.6 Å². The second kappa shape index (κ2) is 26.7. The third-order valence-corrected chi connectivity index (χ3v) is 21.2. The van der Waals surface area contributed by atoms with Crippen molar-refractivity contribution in [3.8, 4) is 94.8 Å². The number of benzene rings is 13. The van der Waals surface area contributed by atoms with Gasteiger partial charge in [0.05, 0.1) is 0 Å². The van der Waals surface area contributed by atoms with Gasteiger partial charge in [0.25, 0.3) is 0 Å². The number of carbonyl (C=O) groups excluding carboxylic acids is 1. The molecule has 0 saturated carbocycles. The maximum absolute atomic E-state index is 11.2. The van der Waals surface area contributed by atoms with Gasteiger partial charge in [-0.3, -0.25) is 4.79 Å². The Balaban J connectivity index is 0.000000116. The number of fused-ring (bicyclic) bond motifs is 12. The van der Waals surface area contributed by atoms with E-state index in [1.54, 1.807) is 0 Å². The van der Waals surface area contributed by atoms with E-state index in [-0.39, 0.29) is 27.6 Å². The summed E-state index contributed by atoms with van der Waals surface area (Å²) < 4.78 is 6.17. The fourth-order valence-corrected chi connectivity index (χ4v) is 15.6. The molecule has 0 fully saturated rings. The summed E-state index contributed by atoms with van der Waals surface area (Å²) in [4.78, 5) is 11.2. The molecule has 0 aliphatic heterocycles. The molecule has 0 bridgehead atoms. The van der Waals surface area contributed by atoms with Crippen molar-refractivity contribution >= 4 is 46.6 Å². The van der Waals surface area contributed by atoms with Gasteiger partial charge in [-0.15, -0.1) is 0 Å². The maximum Gasteiger partial charge on any atom is 0.569 e. The van der Waals surface area contributed by atoms with Gasteiger partial charge in [-0.1, -0.05) is 290 Å².